The highest BCUT2D eigenvalue weighted by Crippen LogP contribution is 2.34. The second kappa shape index (κ2) is 10.5. The number of hydrogen-bond donors (Lipinski definition) is 1. The van der Waals surface area contributed by atoms with Gasteiger partial charge in [-0.05, 0) is 57.1 Å². The molecule has 1 aliphatic carbocycles. The highest BCUT2D eigenvalue weighted by molar-refractivity contribution is 5.76. The number of anilines is 1. The lowest BCUT2D eigenvalue weighted by atomic mass is 9.84. The van der Waals surface area contributed by atoms with Gasteiger partial charge in [-0.3, -0.25) is 9.69 Å². The van der Waals surface area contributed by atoms with Crippen LogP contribution in [0.1, 0.15) is 63.9 Å². The first kappa shape index (κ1) is 21.4. The van der Waals surface area contributed by atoms with Crippen LogP contribution in [0, 0.1) is 5.92 Å². The van der Waals surface area contributed by atoms with Crippen molar-refractivity contribution in [3.05, 3.63) is 17.8 Å². The summed E-state index contributed by atoms with van der Waals surface area (Å²) in [4.78, 5) is 21.6. The second-order valence-electron chi connectivity index (χ2n) is 9.23. The molecule has 1 N–H and O–H groups in total. The van der Waals surface area contributed by atoms with E-state index >= 15 is 0 Å². The van der Waals surface area contributed by atoms with E-state index in [-0.39, 0.29) is 5.91 Å². The molecule has 0 aromatic carbocycles. The highest BCUT2D eigenvalue weighted by atomic mass is 16.5. The van der Waals surface area contributed by atoms with Gasteiger partial charge in [-0.1, -0.05) is 13.3 Å². The third kappa shape index (κ3) is 5.45. The molecule has 2 aliphatic heterocycles. The lowest BCUT2D eigenvalue weighted by Gasteiger charge is -2.37. The van der Waals surface area contributed by atoms with E-state index < -0.39 is 0 Å². The van der Waals surface area contributed by atoms with Crippen LogP contribution in [0.2, 0.25) is 0 Å². The van der Waals surface area contributed by atoms with Crippen LogP contribution in [0.25, 0.3) is 0 Å². The van der Waals surface area contributed by atoms with E-state index in [4.69, 9.17) is 4.74 Å². The summed E-state index contributed by atoms with van der Waals surface area (Å²) < 4.78 is 5.84. The monoisotopic (exact) mass is 414 g/mol. The average molecular weight is 415 g/mol. The minimum absolute atomic E-state index is 0.252. The number of amides is 1. The maximum atomic E-state index is 11.9. The maximum Gasteiger partial charge on any atom is 0.220 e. The van der Waals surface area contributed by atoms with E-state index in [0.717, 1.165) is 82.4 Å². The molecule has 1 aromatic heterocycles. The lowest BCUT2D eigenvalue weighted by molar-refractivity contribution is -0.122. The summed E-state index contributed by atoms with van der Waals surface area (Å²) in [5, 5.41) is 3.25. The fourth-order valence-electron chi connectivity index (χ4n) is 5.10. The summed E-state index contributed by atoms with van der Waals surface area (Å²) in [6, 6.07) is 2.50. The molecule has 1 saturated heterocycles. The molecule has 4 rings (SSSR count). The number of piperazine rings is 1. The molecule has 1 amide bonds. The highest BCUT2D eigenvalue weighted by Gasteiger charge is 2.26. The quantitative estimate of drug-likeness (QED) is 0.707. The van der Waals surface area contributed by atoms with Crippen LogP contribution in [0.3, 0.4) is 0 Å². The van der Waals surface area contributed by atoms with Crippen LogP contribution in [-0.4, -0.2) is 61.2 Å². The number of nitrogens with one attached hydrogen (secondary N) is 1. The molecule has 2 fully saturated rings. The molecule has 0 radical (unpaired) electrons. The summed E-state index contributed by atoms with van der Waals surface area (Å²) in [5.41, 5.74) is 1.31. The number of rotatable bonds is 8. The number of ether oxygens (including phenoxy) is 1. The maximum absolute atomic E-state index is 11.9. The summed E-state index contributed by atoms with van der Waals surface area (Å²) >= 11 is 0. The zero-order chi connectivity index (χ0) is 20.8. The molecule has 3 heterocycles. The minimum atomic E-state index is 0.252. The number of pyridine rings is 1. The molecule has 0 spiro atoms. The van der Waals surface area contributed by atoms with Gasteiger partial charge in [0.25, 0.3) is 0 Å². The Morgan fingerprint density at radius 2 is 2.00 bits per heavy atom. The van der Waals surface area contributed by atoms with Crippen LogP contribution < -0.4 is 15.0 Å². The van der Waals surface area contributed by atoms with Gasteiger partial charge in [0, 0.05) is 56.8 Å². The second-order valence-corrected chi connectivity index (χ2v) is 9.23. The van der Waals surface area contributed by atoms with Crippen LogP contribution >= 0.6 is 0 Å². The Kier molecular flexibility index (Phi) is 7.47. The number of aromatic nitrogens is 1. The molecule has 3 aliphatic rings. The fourth-order valence-corrected chi connectivity index (χ4v) is 5.10. The predicted octanol–water partition coefficient (Wildman–Crippen LogP) is 3.39. The van der Waals surface area contributed by atoms with Gasteiger partial charge in [-0.15, -0.1) is 0 Å². The Bertz CT molecular complexity index is 694. The van der Waals surface area contributed by atoms with Crippen LogP contribution in [-0.2, 0) is 11.2 Å². The van der Waals surface area contributed by atoms with Crippen molar-refractivity contribution in [3.8, 4) is 5.75 Å². The molecule has 0 atom stereocenters. The fraction of sp³-hybridized carbons (Fsp3) is 0.750. The van der Waals surface area contributed by atoms with Gasteiger partial charge >= 0.3 is 0 Å². The van der Waals surface area contributed by atoms with Crippen molar-refractivity contribution in [2.45, 2.75) is 70.8 Å². The molecule has 0 bridgehead atoms. The first-order chi connectivity index (χ1) is 14.7. The Morgan fingerprint density at radius 3 is 2.77 bits per heavy atom. The van der Waals surface area contributed by atoms with Gasteiger partial charge in [0.1, 0.15) is 0 Å². The average Bonchev–Trinajstić information content (AvgIpc) is 3.27. The van der Waals surface area contributed by atoms with Crippen molar-refractivity contribution < 1.29 is 9.53 Å². The first-order valence-corrected chi connectivity index (χ1v) is 12.1. The van der Waals surface area contributed by atoms with Gasteiger partial charge in [0.15, 0.2) is 11.6 Å². The van der Waals surface area contributed by atoms with Crippen LogP contribution in [0.15, 0.2) is 12.3 Å². The largest absolute Gasteiger partial charge is 0.489 e. The Morgan fingerprint density at radius 1 is 1.20 bits per heavy atom. The normalized spacial score (nSPS) is 24.4. The molecule has 1 aromatic rings. The molecule has 30 heavy (non-hydrogen) atoms. The smallest absolute Gasteiger partial charge is 0.220 e. The lowest BCUT2D eigenvalue weighted by Crippen LogP contribution is -2.47. The molecule has 0 unspecified atom stereocenters. The minimum Gasteiger partial charge on any atom is -0.489 e. The van der Waals surface area contributed by atoms with Gasteiger partial charge in [-0.2, -0.15) is 0 Å². The Labute approximate surface area is 181 Å². The van der Waals surface area contributed by atoms with Crippen molar-refractivity contribution in [1.82, 2.24) is 15.2 Å². The van der Waals surface area contributed by atoms with E-state index in [1.807, 2.05) is 6.20 Å². The van der Waals surface area contributed by atoms with Gasteiger partial charge < -0.3 is 15.0 Å². The molecule has 6 heteroatoms. The van der Waals surface area contributed by atoms with E-state index in [0.29, 0.717) is 12.5 Å². The van der Waals surface area contributed by atoms with Gasteiger partial charge in [-0.25, -0.2) is 4.98 Å². The summed E-state index contributed by atoms with van der Waals surface area (Å²) in [6.45, 7) is 8.40. The zero-order valence-electron chi connectivity index (χ0n) is 18.6. The zero-order valence-corrected chi connectivity index (χ0v) is 18.6. The van der Waals surface area contributed by atoms with Crippen molar-refractivity contribution >= 4 is 11.7 Å². The first-order valence-electron chi connectivity index (χ1n) is 12.1. The third-order valence-electron chi connectivity index (χ3n) is 7.08. The topological polar surface area (TPSA) is 57.7 Å². The third-order valence-corrected chi connectivity index (χ3v) is 7.08. The molecule has 166 valence electrons. The van der Waals surface area contributed by atoms with Crippen molar-refractivity contribution in [2.75, 3.05) is 44.2 Å². The van der Waals surface area contributed by atoms with Crippen LogP contribution in [0.4, 0.5) is 5.82 Å². The van der Waals surface area contributed by atoms with Gasteiger partial charge in [0.2, 0.25) is 5.91 Å². The number of unbranched alkanes of at least 4 members (excludes halogenated alkanes) is 1. The van der Waals surface area contributed by atoms with Crippen molar-refractivity contribution in [3.63, 3.8) is 0 Å². The predicted molar refractivity (Wildman–Crippen MR) is 120 cm³/mol. The number of nitrogens with zero attached hydrogens (tertiary/aromatic N) is 3. The Balaban J connectivity index is 1.14. The number of fused-ring (bicyclic) bond motifs is 1. The summed E-state index contributed by atoms with van der Waals surface area (Å²) in [7, 11) is 0. The van der Waals surface area contributed by atoms with Crippen molar-refractivity contribution in [1.29, 1.82) is 0 Å². The number of carbonyl (C=O) groups excluding carboxylic acids is 1. The van der Waals surface area contributed by atoms with Crippen LogP contribution in [0.5, 0.6) is 5.75 Å². The van der Waals surface area contributed by atoms with E-state index in [9.17, 15) is 4.79 Å². The molecular formula is C24H38N4O2. The molecule has 6 nitrogen and oxygen atoms in total. The molecular weight excluding hydrogens is 376 g/mol. The van der Waals surface area contributed by atoms with E-state index in [1.165, 1.54) is 31.4 Å². The molecule has 1 saturated carbocycles. The van der Waals surface area contributed by atoms with E-state index in [1.54, 1.807) is 0 Å². The Hall–Kier alpha value is -1.82. The van der Waals surface area contributed by atoms with Gasteiger partial charge in [0.05, 0.1) is 6.61 Å². The number of hydrogen-bond acceptors (Lipinski definition) is 5. The standard InChI is InChI=1S/C24H38N4O2/c1-2-3-4-22(29)26-21-7-5-19(6-8-21)10-13-27-14-16-28(17-15-27)24-23-20(9-12-25-24)11-18-30-23/h9,12,19,21H,2-8,10-11,13-18H2,1H3,(H,26,29). The SMILES string of the molecule is CCCCC(=O)NC1CCC(CCN2CCN(c3nccc4c3OCC4)CC2)CC1. The van der Waals surface area contributed by atoms with Crippen molar-refractivity contribution in [2.24, 2.45) is 5.92 Å². The number of carbonyl (C=O) groups is 1. The van der Waals surface area contributed by atoms with E-state index in [2.05, 4.69) is 33.1 Å². The summed E-state index contributed by atoms with van der Waals surface area (Å²) in [6.07, 6.45) is 11.8. The summed E-state index contributed by atoms with van der Waals surface area (Å²) in [5.74, 6) is 3.13.